The number of carbonyl (C=O) groups is 2. The minimum absolute atomic E-state index is 0.103. The lowest BCUT2D eigenvalue weighted by atomic mass is 10.1. The quantitative estimate of drug-likeness (QED) is 0.764. The van der Waals surface area contributed by atoms with Crippen molar-refractivity contribution in [3.05, 3.63) is 40.8 Å². The summed E-state index contributed by atoms with van der Waals surface area (Å²) < 4.78 is 6.02. The number of esters is 1. The third-order valence-corrected chi connectivity index (χ3v) is 4.09. The van der Waals surface area contributed by atoms with Crippen LogP contribution in [-0.2, 0) is 20.9 Å². The number of rotatable bonds is 4. The Balaban J connectivity index is 1.72. The molecule has 7 nitrogen and oxygen atoms in total. The lowest BCUT2D eigenvalue weighted by Gasteiger charge is -2.16. The van der Waals surface area contributed by atoms with Gasteiger partial charge in [-0.25, -0.2) is 4.68 Å². The van der Waals surface area contributed by atoms with Crippen LogP contribution in [0.5, 0.6) is 0 Å². The van der Waals surface area contributed by atoms with E-state index in [0.29, 0.717) is 25.0 Å². The van der Waals surface area contributed by atoms with Gasteiger partial charge in [0.15, 0.2) is 0 Å². The van der Waals surface area contributed by atoms with Gasteiger partial charge in [-0.15, -0.1) is 0 Å². The molecule has 0 aliphatic carbocycles. The van der Waals surface area contributed by atoms with Crippen molar-refractivity contribution in [2.75, 3.05) is 20.2 Å². The molecule has 0 saturated carbocycles. The maximum absolute atomic E-state index is 12.4. The number of hydrogen-bond acceptors (Lipinski definition) is 5. The average molecular weight is 315 g/mol. The highest BCUT2D eigenvalue weighted by molar-refractivity contribution is 5.86. The van der Waals surface area contributed by atoms with Gasteiger partial charge in [0.25, 0.3) is 5.56 Å². The molecule has 0 spiro atoms. The number of ether oxygens (including phenoxy) is 1. The molecule has 2 aromatic rings. The van der Waals surface area contributed by atoms with Crippen molar-refractivity contribution in [3.8, 4) is 0 Å². The van der Waals surface area contributed by atoms with Crippen LogP contribution in [0.3, 0.4) is 0 Å². The largest absolute Gasteiger partial charge is 0.469 e. The number of nitrogens with zero attached hydrogens (tertiary/aromatic N) is 3. The molecule has 0 radical (unpaired) electrons. The zero-order valence-corrected chi connectivity index (χ0v) is 12.8. The zero-order chi connectivity index (χ0) is 16.4. The number of methoxy groups -OCH3 is 1. The number of hydrogen-bond donors (Lipinski definition) is 0. The monoisotopic (exact) mass is 315 g/mol. The molecule has 0 N–H and O–H groups in total. The molecule has 3 rings (SSSR count). The second-order valence-corrected chi connectivity index (χ2v) is 5.52. The first-order chi connectivity index (χ1) is 11.1. The first-order valence-corrected chi connectivity index (χ1v) is 7.40. The number of benzene rings is 1. The molecule has 1 atom stereocenters. The van der Waals surface area contributed by atoms with Gasteiger partial charge >= 0.3 is 5.97 Å². The van der Waals surface area contributed by atoms with Crippen LogP contribution in [0.2, 0.25) is 0 Å². The molecule has 23 heavy (non-hydrogen) atoms. The number of aromatic nitrogens is 2. The molecule has 120 valence electrons. The summed E-state index contributed by atoms with van der Waals surface area (Å²) in [4.78, 5) is 37.4. The van der Waals surface area contributed by atoms with Crippen molar-refractivity contribution in [1.82, 2.24) is 14.7 Å². The summed E-state index contributed by atoms with van der Waals surface area (Å²) in [6.07, 6.45) is 1.80. The fourth-order valence-corrected chi connectivity index (χ4v) is 2.82. The molecule has 1 aromatic heterocycles. The Morgan fingerprint density at radius 2 is 2.09 bits per heavy atom. The number of fused-ring (bicyclic) bond motifs is 1. The van der Waals surface area contributed by atoms with E-state index >= 15 is 0 Å². The summed E-state index contributed by atoms with van der Waals surface area (Å²) >= 11 is 0. The Bertz CT molecular complexity index is 814. The van der Waals surface area contributed by atoms with Crippen LogP contribution in [0.1, 0.15) is 6.42 Å². The van der Waals surface area contributed by atoms with Gasteiger partial charge in [0.1, 0.15) is 0 Å². The van der Waals surface area contributed by atoms with E-state index in [9.17, 15) is 14.4 Å². The lowest BCUT2D eigenvalue weighted by molar-refractivity contribution is -0.145. The van der Waals surface area contributed by atoms with Gasteiger partial charge in [-0.3, -0.25) is 14.4 Å². The number of amides is 1. The maximum Gasteiger partial charge on any atom is 0.310 e. The Labute approximate surface area is 132 Å². The van der Waals surface area contributed by atoms with E-state index in [1.807, 2.05) is 12.1 Å². The lowest BCUT2D eigenvalue weighted by Crippen LogP contribution is -2.33. The molecule has 0 bridgehead atoms. The highest BCUT2D eigenvalue weighted by Crippen LogP contribution is 2.18. The second-order valence-electron chi connectivity index (χ2n) is 5.52. The van der Waals surface area contributed by atoms with Gasteiger partial charge in [0.05, 0.1) is 31.2 Å². The third-order valence-electron chi connectivity index (χ3n) is 4.09. The molecular weight excluding hydrogens is 298 g/mol. The number of likely N-dealkylation sites (tertiary alicyclic amines) is 1. The van der Waals surface area contributed by atoms with Gasteiger partial charge in [-0.05, 0) is 6.07 Å². The van der Waals surface area contributed by atoms with Gasteiger partial charge in [0, 0.05) is 24.9 Å². The summed E-state index contributed by atoms with van der Waals surface area (Å²) in [5.74, 6) is -0.898. The van der Waals surface area contributed by atoms with Crippen LogP contribution in [0.4, 0.5) is 0 Å². The van der Waals surface area contributed by atoms with E-state index in [4.69, 9.17) is 0 Å². The van der Waals surface area contributed by atoms with Gasteiger partial charge in [-0.2, -0.15) is 5.10 Å². The zero-order valence-electron chi connectivity index (χ0n) is 12.8. The normalized spacial score (nSPS) is 17.7. The van der Waals surface area contributed by atoms with Crippen LogP contribution in [-0.4, -0.2) is 46.8 Å². The Hall–Kier alpha value is -2.70. The molecule has 1 aromatic carbocycles. The topological polar surface area (TPSA) is 81.5 Å². The Morgan fingerprint density at radius 3 is 2.87 bits per heavy atom. The number of carbonyl (C=O) groups excluding carboxylic acids is 2. The van der Waals surface area contributed by atoms with E-state index in [1.54, 1.807) is 23.2 Å². The molecule has 1 amide bonds. The predicted octanol–water partition coefficient (Wildman–Crippen LogP) is 0.418. The standard InChI is InChI=1S/C16H17N3O4/c1-23-16(22)12-8-14(20)18(10-12)6-7-19-15(21)13-5-3-2-4-11(13)9-17-19/h2-5,9,12H,6-8,10H2,1H3. The van der Waals surface area contributed by atoms with Crippen LogP contribution in [0.15, 0.2) is 35.3 Å². The fourth-order valence-electron chi connectivity index (χ4n) is 2.82. The summed E-state index contributed by atoms with van der Waals surface area (Å²) in [6.45, 7) is 0.967. The van der Waals surface area contributed by atoms with Gasteiger partial charge < -0.3 is 9.64 Å². The predicted molar refractivity (Wildman–Crippen MR) is 82.7 cm³/mol. The van der Waals surface area contributed by atoms with E-state index in [-0.39, 0.29) is 23.9 Å². The van der Waals surface area contributed by atoms with Crippen LogP contribution < -0.4 is 5.56 Å². The van der Waals surface area contributed by atoms with Crippen LogP contribution >= 0.6 is 0 Å². The Kier molecular flexibility index (Phi) is 4.10. The van der Waals surface area contributed by atoms with E-state index < -0.39 is 5.92 Å². The third kappa shape index (κ3) is 2.94. The minimum Gasteiger partial charge on any atom is -0.469 e. The Morgan fingerprint density at radius 1 is 1.30 bits per heavy atom. The second kappa shape index (κ2) is 6.20. The SMILES string of the molecule is COC(=O)C1CC(=O)N(CCn2ncc3ccccc3c2=O)C1. The van der Waals surface area contributed by atoms with Crippen molar-refractivity contribution >= 4 is 22.6 Å². The molecule has 1 unspecified atom stereocenters. The van der Waals surface area contributed by atoms with Crippen molar-refractivity contribution in [2.45, 2.75) is 13.0 Å². The molecular formula is C16H17N3O4. The van der Waals surface area contributed by atoms with E-state index in [2.05, 4.69) is 9.84 Å². The fraction of sp³-hybridized carbons (Fsp3) is 0.375. The smallest absolute Gasteiger partial charge is 0.310 e. The van der Waals surface area contributed by atoms with Crippen molar-refractivity contribution < 1.29 is 14.3 Å². The molecule has 7 heteroatoms. The average Bonchev–Trinajstić information content (AvgIpc) is 2.95. The van der Waals surface area contributed by atoms with Crippen LogP contribution in [0, 0.1) is 5.92 Å². The summed E-state index contributed by atoms with van der Waals surface area (Å²) in [7, 11) is 1.31. The summed E-state index contributed by atoms with van der Waals surface area (Å²) in [5, 5.41) is 5.53. The minimum atomic E-state index is -0.422. The molecule has 1 saturated heterocycles. The van der Waals surface area contributed by atoms with E-state index in [0.717, 1.165) is 5.39 Å². The van der Waals surface area contributed by atoms with Crippen molar-refractivity contribution in [3.63, 3.8) is 0 Å². The van der Waals surface area contributed by atoms with Crippen molar-refractivity contribution in [2.24, 2.45) is 5.92 Å². The molecule has 1 aliphatic rings. The summed E-state index contributed by atoms with van der Waals surface area (Å²) in [5.41, 5.74) is -0.181. The van der Waals surface area contributed by atoms with Crippen molar-refractivity contribution in [1.29, 1.82) is 0 Å². The molecule has 1 aliphatic heterocycles. The molecule has 2 heterocycles. The van der Waals surface area contributed by atoms with Gasteiger partial charge in [-0.1, -0.05) is 18.2 Å². The maximum atomic E-state index is 12.4. The molecule has 1 fully saturated rings. The highest BCUT2D eigenvalue weighted by Gasteiger charge is 2.34. The first-order valence-electron chi connectivity index (χ1n) is 7.40. The first kappa shape index (κ1) is 15.2. The van der Waals surface area contributed by atoms with E-state index in [1.165, 1.54) is 11.8 Å². The van der Waals surface area contributed by atoms with Gasteiger partial charge in [0.2, 0.25) is 5.91 Å². The highest BCUT2D eigenvalue weighted by atomic mass is 16.5. The van der Waals surface area contributed by atoms with Crippen LogP contribution in [0.25, 0.3) is 10.8 Å². The summed E-state index contributed by atoms with van der Waals surface area (Å²) in [6, 6.07) is 7.24.